The number of hydrogen-bond donors (Lipinski definition) is 1. The van der Waals surface area contributed by atoms with Crippen molar-refractivity contribution in [3.05, 3.63) is 28.8 Å². The number of ether oxygens (including phenoxy) is 1. The maximum Gasteiger partial charge on any atom is 0.131 e. The van der Waals surface area contributed by atoms with Gasteiger partial charge in [-0.15, -0.1) is 0 Å². The highest BCUT2D eigenvalue weighted by atomic mass is 16.5. The molecule has 0 radical (unpaired) electrons. The molecule has 1 heterocycles. The third-order valence-electron chi connectivity index (χ3n) is 6.03. The predicted molar refractivity (Wildman–Crippen MR) is 101 cm³/mol. The second-order valence-electron chi connectivity index (χ2n) is 7.75. The third-order valence-corrected chi connectivity index (χ3v) is 6.03. The van der Waals surface area contributed by atoms with Gasteiger partial charge in [0.25, 0.3) is 0 Å². The molecule has 2 heteroatoms. The second kappa shape index (κ2) is 7.63. The van der Waals surface area contributed by atoms with E-state index in [-0.39, 0.29) is 0 Å². The lowest BCUT2D eigenvalue weighted by molar-refractivity contribution is 0.330. The van der Waals surface area contributed by atoms with Gasteiger partial charge in [0.2, 0.25) is 0 Å². The molecule has 0 spiro atoms. The minimum atomic E-state index is 0.421. The molecule has 1 N–H and O–H groups in total. The summed E-state index contributed by atoms with van der Waals surface area (Å²) >= 11 is 0. The van der Waals surface area contributed by atoms with Gasteiger partial charge in [-0.2, -0.15) is 0 Å². The zero-order chi connectivity index (χ0) is 17.1. The molecule has 0 saturated carbocycles. The highest BCUT2D eigenvalue weighted by Gasteiger charge is 2.27. The number of benzene rings is 1. The monoisotopic (exact) mass is 328 g/mol. The van der Waals surface area contributed by atoms with E-state index in [0.29, 0.717) is 24.2 Å². The lowest BCUT2D eigenvalue weighted by Crippen LogP contribution is -2.15. The van der Waals surface area contributed by atoms with Crippen molar-refractivity contribution >= 4 is 5.57 Å². The fourth-order valence-electron chi connectivity index (χ4n) is 4.19. The lowest BCUT2D eigenvalue weighted by atomic mass is 9.82. The molecular weight excluding hydrogens is 296 g/mol. The zero-order valence-electron chi connectivity index (χ0n) is 15.5. The highest BCUT2D eigenvalue weighted by molar-refractivity contribution is 5.80. The number of phenols is 1. The Hall–Kier alpha value is -1.44. The Bertz CT molecular complexity index is 615. The first-order chi connectivity index (χ1) is 11.6. The van der Waals surface area contributed by atoms with Crippen molar-refractivity contribution in [3.8, 4) is 11.5 Å². The summed E-state index contributed by atoms with van der Waals surface area (Å²) < 4.78 is 6.02. The van der Waals surface area contributed by atoms with Gasteiger partial charge in [0.1, 0.15) is 18.1 Å². The van der Waals surface area contributed by atoms with Crippen LogP contribution < -0.4 is 4.74 Å². The number of allylic oxidation sites excluding steroid dienone is 1. The molecule has 1 aromatic carbocycles. The molecule has 0 aromatic heterocycles. The summed E-state index contributed by atoms with van der Waals surface area (Å²) in [5.41, 5.74) is 4.95. The van der Waals surface area contributed by atoms with Crippen LogP contribution in [-0.2, 0) is 0 Å². The number of aromatic hydroxyl groups is 1. The Morgan fingerprint density at radius 2 is 1.92 bits per heavy atom. The molecule has 1 aliphatic carbocycles. The Morgan fingerprint density at radius 3 is 2.71 bits per heavy atom. The lowest BCUT2D eigenvalue weighted by Gasteiger charge is -2.29. The van der Waals surface area contributed by atoms with E-state index in [0.717, 1.165) is 24.2 Å². The normalized spacial score (nSPS) is 19.3. The number of rotatable bonds is 6. The number of unbranched alkanes of at least 4 members (excludes halogenated alkanes) is 2. The fraction of sp³-hybridized carbons (Fsp3) is 0.636. The van der Waals surface area contributed by atoms with E-state index in [1.807, 2.05) is 6.07 Å². The maximum absolute atomic E-state index is 10.7. The molecule has 0 fully saturated rings. The van der Waals surface area contributed by atoms with Gasteiger partial charge in [0, 0.05) is 0 Å². The van der Waals surface area contributed by atoms with Gasteiger partial charge in [-0.3, -0.25) is 0 Å². The second-order valence-corrected chi connectivity index (χ2v) is 7.75. The molecule has 0 bridgehead atoms. The van der Waals surface area contributed by atoms with E-state index >= 15 is 0 Å². The maximum atomic E-state index is 10.7. The molecule has 2 aliphatic rings. The van der Waals surface area contributed by atoms with E-state index in [4.69, 9.17) is 4.74 Å². The van der Waals surface area contributed by atoms with Gasteiger partial charge >= 0.3 is 0 Å². The topological polar surface area (TPSA) is 29.5 Å². The molecule has 1 aromatic rings. The van der Waals surface area contributed by atoms with Crippen molar-refractivity contribution in [2.24, 2.45) is 5.92 Å². The van der Waals surface area contributed by atoms with Crippen LogP contribution >= 0.6 is 0 Å². The van der Waals surface area contributed by atoms with Gasteiger partial charge in [0.15, 0.2) is 0 Å². The van der Waals surface area contributed by atoms with Crippen LogP contribution in [0.1, 0.15) is 89.2 Å². The summed E-state index contributed by atoms with van der Waals surface area (Å²) in [4.78, 5) is 0. The SMILES string of the molecule is CCCCCC(C)C(C)c1cc(O)c2c(c1)OCC1=C2CCCC1. The smallest absolute Gasteiger partial charge is 0.131 e. The summed E-state index contributed by atoms with van der Waals surface area (Å²) in [5.74, 6) is 2.40. The van der Waals surface area contributed by atoms with E-state index in [1.54, 1.807) is 0 Å². The molecule has 3 rings (SSSR count). The summed E-state index contributed by atoms with van der Waals surface area (Å²) in [7, 11) is 0. The zero-order valence-corrected chi connectivity index (χ0v) is 15.5. The van der Waals surface area contributed by atoms with Gasteiger partial charge in [-0.05, 0) is 66.4 Å². The van der Waals surface area contributed by atoms with Crippen molar-refractivity contribution in [1.29, 1.82) is 0 Å². The minimum absolute atomic E-state index is 0.421. The molecule has 0 amide bonds. The van der Waals surface area contributed by atoms with Crippen LogP contribution in [0.5, 0.6) is 11.5 Å². The Kier molecular flexibility index (Phi) is 5.53. The van der Waals surface area contributed by atoms with Crippen LogP contribution in [0, 0.1) is 5.92 Å². The Balaban J connectivity index is 1.83. The van der Waals surface area contributed by atoms with Crippen LogP contribution in [0.4, 0.5) is 0 Å². The highest BCUT2D eigenvalue weighted by Crippen LogP contribution is 2.46. The van der Waals surface area contributed by atoms with Gasteiger partial charge in [-0.25, -0.2) is 0 Å². The predicted octanol–water partition coefficient (Wildman–Crippen LogP) is 6.43. The van der Waals surface area contributed by atoms with Gasteiger partial charge in [-0.1, -0.05) is 46.5 Å². The Morgan fingerprint density at radius 1 is 1.12 bits per heavy atom. The molecule has 24 heavy (non-hydrogen) atoms. The van der Waals surface area contributed by atoms with E-state index in [2.05, 4.69) is 26.8 Å². The minimum Gasteiger partial charge on any atom is -0.507 e. The molecule has 2 unspecified atom stereocenters. The standard InChI is InChI=1S/C22H32O2/c1-4-5-6-9-15(2)16(3)18-12-20(23)22-19-11-8-7-10-17(19)14-24-21(22)13-18/h12-13,15-16,23H,4-11,14H2,1-3H3. The third kappa shape index (κ3) is 3.48. The van der Waals surface area contributed by atoms with Crippen molar-refractivity contribution < 1.29 is 9.84 Å². The molecule has 2 atom stereocenters. The molecule has 2 nitrogen and oxygen atoms in total. The first-order valence-corrected chi connectivity index (χ1v) is 9.82. The molecule has 0 saturated heterocycles. The van der Waals surface area contributed by atoms with Crippen molar-refractivity contribution in [2.75, 3.05) is 6.61 Å². The van der Waals surface area contributed by atoms with E-state index in [9.17, 15) is 5.11 Å². The molecule has 132 valence electrons. The number of fused-ring (bicyclic) bond motifs is 2. The number of phenolic OH excluding ortho intramolecular Hbond substituents is 1. The van der Waals surface area contributed by atoms with Crippen LogP contribution in [0.3, 0.4) is 0 Å². The molecule has 1 aliphatic heterocycles. The van der Waals surface area contributed by atoms with E-state index in [1.165, 1.54) is 55.2 Å². The van der Waals surface area contributed by atoms with Crippen LogP contribution in [0.25, 0.3) is 5.57 Å². The average molecular weight is 328 g/mol. The first kappa shape index (κ1) is 17.4. The van der Waals surface area contributed by atoms with Crippen LogP contribution in [0.2, 0.25) is 0 Å². The first-order valence-electron chi connectivity index (χ1n) is 9.82. The average Bonchev–Trinajstić information content (AvgIpc) is 2.60. The van der Waals surface area contributed by atoms with Gasteiger partial charge < -0.3 is 9.84 Å². The Labute approximate surface area is 146 Å². The summed E-state index contributed by atoms with van der Waals surface area (Å²) in [5, 5.41) is 10.7. The fourth-order valence-corrected chi connectivity index (χ4v) is 4.19. The summed E-state index contributed by atoms with van der Waals surface area (Å²) in [6.45, 7) is 7.58. The molecular formula is C22H32O2. The number of hydrogen-bond acceptors (Lipinski definition) is 2. The summed E-state index contributed by atoms with van der Waals surface area (Å²) in [6.07, 6.45) is 9.82. The van der Waals surface area contributed by atoms with Crippen molar-refractivity contribution in [3.63, 3.8) is 0 Å². The largest absolute Gasteiger partial charge is 0.507 e. The van der Waals surface area contributed by atoms with Gasteiger partial charge in [0.05, 0.1) is 5.56 Å². The van der Waals surface area contributed by atoms with Crippen molar-refractivity contribution in [1.82, 2.24) is 0 Å². The van der Waals surface area contributed by atoms with Crippen LogP contribution in [-0.4, -0.2) is 11.7 Å². The van der Waals surface area contributed by atoms with Crippen molar-refractivity contribution in [2.45, 2.75) is 78.1 Å². The van der Waals surface area contributed by atoms with E-state index < -0.39 is 0 Å². The summed E-state index contributed by atoms with van der Waals surface area (Å²) in [6, 6.07) is 4.18. The quantitative estimate of drug-likeness (QED) is 0.609. The van der Waals surface area contributed by atoms with Crippen LogP contribution in [0.15, 0.2) is 17.7 Å².